The minimum atomic E-state index is 0.238. The third-order valence-electron chi connectivity index (χ3n) is 5.04. The maximum Gasteiger partial charge on any atom is 0.155 e. The van der Waals surface area contributed by atoms with E-state index in [1.165, 1.54) is 16.7 Å². The monoisotopic (exact) mass is 358 g/mol. The van der Waals surface area contributed by atoms with Crippen LogP contribution in [0.5, 0.6) is 0 Å². The summed E-state index contributed by atoms with van der Waals surface area (Å²) in [4.78, 5) is 13.5. The number of hydrogen-bond donors (Lipinski definition) is 0. The molecule has 0 fully saturated rings. The van der Waals surface area contributed by atoms with Crippen LogP contribution in [0.25, 0.3) is 5.57 Å². The lowest BCUT2D eigenvalue weighted by Crippen LogP contribution is -2.15. The molecule has 2 nitrogen and oxygen atoms in total. The van der Waals surface area contributed by atoms with Crippen molar-refractivity contribution in [3.05, 3.63) is 41.5 Å². The minimum absolute atomic E-state index is 0.238. The fourth-order valence-corrected chi connectivity index (χ4v) is 3.98. The second-order valence-electron chi connectivity index (χ2n) is 6.84. The predicted molar refractivity (Wildman–Crippen MR) is 109 cm³/mol. The van der Waals surface area contributed by atoms with Crippen molar-refractivity contribution in [1.82, 2.24) is 0 Å². The molecule has 0 aromatic heterocycles. The van der Waals surface area contributed by atoms with Crippen LogP contribution in [0, 0.1) is 5.92 Å². The molecule has 1 aromatic rings. The lowest BCUT2D eigenvalue weighted by molar-refractivity contribution is -0.114. The van der Waals surface area contributed by atoms with Gasteiger partial charge in [0.1, 0.15) is 0 Å². The van der Waals surface area contributed by atoms with Gasteiger partial charge < -0.3 is 4.74 Å². The summed E-state index contributed by atoms with van der Waals surface area (Å²) in [5, 5.41) is 0. The highest BCUT2D eigenvalue weighted by atomic mass is 32.1. The zero-order chi connectivity index (χ0) is 18.1. The van der Waals surface area contributed by atoms with Crippen LogP contribution in [0.15, 0.2) is 30.3 Å². The Labute approximate surface area is 157 Å². The van der Waals surface area contributed by atoms with Crippen molar-refractivity contribution in [2.75, 3.05) is 13.7 Å². The highest BCUT2D eigenvalue weighted by Gasteiger charge is 2.18. The van der Waals surface area contributed by atoms with E-state index in [9.17, 15) is 4.79 Å². The van der Waals surface area contributed by atoms with E-state index in [4.69, 9.17) is 17.0 Å². The number of carbonyl (C=O) groups is 1. The Morgan fingerprint density at radius 2 is 2.00 bits per heavy atom. The van der Waals surface area contributed by atoms with Crippen molar-refractivity contribution in [2.24, 2.45) is 5.92 Å². The first-order valence-corrected chi connectivity index (χ1v) is 9.89. The molecule has 136 valence electrons. The van der Waals surface area contributed by atoms with Gasteiger partial charge in [-0.2, -0.15) is 0 Å². The molecule has 0 saturated heterocycles. The first-order valence-electron chi connectivity index (χ1n) is 9.49. The number of thiocarbonyl (C=S) groups is 1. The van der Waals surface area contributed by atoms with E-state index in [0.29, 0.717) is 12.3 Å². The lowest BCUT2D eigenvalue weighted by atomic mass is 9.85. The van der Waals surface area contributed by atoms with Gasteiger partial charge in [0, 0.05) is 20.1 Å². The Bertz CT molecular complexity index is 618. The SMILES string of the molecule is CCc1ccccc1C1=CC(=O)CCCC(=S)C(CCCOC)CC1. The first-order chi connectivity index (χ1) is 12.2. The summed E-state index contributed by atoms with van der Waals surface area (Å²) in [5.41, 5.74) is 3.74. The molecule has 2 rings (SSSR count). The fraction of sp³-hybridized carbons (Fsp3) is 0.545. The van der Waals surface area contributed by atoms with Gasteiger partial charge in [0.05, 0.1) is 0 Å². The third-order valence-corrected chi connectivity index (χ3v) is 5.58. The average Bonchev–Trinajstić information content (AvgIpc) is 2.62. The molecule has 1 aliphatic rings. The van der Waals surface area contributed by atoms with Crippen molar-refractivity contribution in [3.8, 4) is 0 Å². The van der Waals surface area contributed by atoms with Crippen molar-refractivity contribution in [3.63, 3.8) is 0 Å². The van der Waals surface area contributed by atoms with Gasteiger partial charge in [0.25, 0.3) is 0 Å². The molecular formula is C22H30O2S. The van der Waals surface area contributed by atoms with Crippen LogP contribution < -0.4 is 0 Å². The fourth-order valence-electron chi connectivity index (χ4n) is 3.60. The standard InChI is InChI=1S/C22H30O2S/c1-3-17-8-4-5-11-21(17)19-14-13-18(9-7-15-24-2)22(25)12-6-10-20(23)16-19/h4-5,8,11,16,18H,3,6-7,9-10,12-15H2,1-2H3. The molecule has 0 heterocycles. The lowest BCUT2D eigenvalue weighted by Gasteiger charge is -2.21. The smallest absolute Gasteiger partial charge is 0.155 e. The molecule has 1 aromatic carbocycles. The summed E-state index contributed by atoms with van der Waals surface area (Å²) < 4.78 is 5.20. The Balaban J connectivity index is 2.22. The quantitative estimate of drug-likeness (QED) is 0.490. The van der Waals surface area contributed by atoms with E-state index in [1.54, 1.807) is 7.11 Å². The van der Waals surface area contributed by atoms with Crippen LogP contribution >= 0.6 is 12.2 Å². The molecule has 0 bridgehead atoms. The second-order valence-corrected chi connectivity index (χ2v) is 7.36. The van der Waals surface area contributed by atoms with Crippen LogP contribution in [0.2, 0.25) is 0 Å². The van der Waals surface area contributed by atoms with E-state index in [2.05, 4.69) is 31.2 Å². The van der Waals surface area contributed by atoms with Crippen LogP contribution in [0.4, 0.5) is 0 Å². The normalized spacial score (nSPS) is 19.6. The molecule has 0 spiro atoms. The third kappa shape index (κ3) is 6.16. The number of ketones is 1. The Hall–Kier alpha value is -1.32. The maximum absolute atomic E-state index is 12.3. The first kappa shape index (κ1) is 20.0. The maximum atomic E-state index is 12.3. The largest absolute Gasteiger partial charge is 0.385 e. The number of rotatable bonds is 6. The number of hydrogen-bond acceptors (Lipinski definition) is 3. The van der Waals surface area contributed by atoms with Crippen LogP contribution in [-0.2, 0) is 16.0 Å². The molecule has 3 heteroatoms. The van der Waals surface area contributed by atoms with Gasteiger partial charge in [-0.05, 0) is 78.5 Å². The summed E-state index contributed by atoms with van der Waals surface area (Å²) in [5.74, 6) is 0.692. The summed E-state index contributed by atoms with van der Waals surface area (Å²) >= 11 is 5.70. The number of methoxy groups -OCH3 is 1. The predicted octanol–water partition coefficient (Wildman–Crippen LogP) is 5.58. The number of aryl methyl sites for hydroxylation is 1. The van der Waals surface area contributed by atoms with E-state index < -0.39 is 0 Å². The van der Waals surface area contributed by atoms with Crippen molar-refractivity contribution in [2.45, 2.75) is 58.3 Å². The van der Waals surface area contributed by atoms with E-state index in [0.717, 1.165) is 56.4 Å². The number of ether oxygens (including phenoxy) is 1. The Kier molecular flexibility index (Phi) is 8.50. The van der Waals surface area contributed by atoms with E-state index in [1.807, 2.05) is 6.08 Å². The molecule has 0 N–H and O–H groups in total. The minimum Gasteiger partial charge on any atom is -0.385 e. The molecule has 1 aliphatic carbocycles. The van der Waals surface area contributed by atoms with Gasteiger partial charge in [0.2, 0.25) is 0 Å². The van der Waals surface area contributed by atoms with Crippen LogP contribution in [-0.4, -0.2) is 24.4 Å². The summed E-state index contributed by atoms with van der Waals surface area (Å²) in [6, 6.07) is 8.47. The molecule has 1 unspecified atom stereocenters. The Morgan fingerprint density at radius 3 is 2.76 bits per heavy atom. The molecule has 1 atom stereocenters. The van der Waals surface area contributed by atoms with Crippen LogP contribution in [0.1, 0.15) is 63.0 Å². The van der Waals surface area contributed by atoms with Gasteiger partial charge in [-0.3, -0.25) is 4.79 Å². The molecular weight excluding hydrogens is 328 g/mol. The van der Waals surface area contributed by atoms with Crippen molar-refractivity contribution >= 4 is 28.4 Å². The van der Waals surface area contributed by atoms with Crippen LogP contribution in [0.3, 0.4) is 0 Å². The number of allylic oxidation sites excluding steroid dienone is 2. The number of benzene rings is 1. The van der Waals surface area contributed by atoms with Crippen molar-refractivity contribution in [1.29, 1.82) is 0 Å². The van der Waals surface area contributed by atoms with Gasteiger partial charge in [0.15, 0.2) is 5.78 Å². The zero-order valence-corrected chi connectivity index (χ0v) is 16.4. The van der Waals surface area contributed by atoms with Gasteiger partial charge >= 0.3 is 0 Å². The zero-order valence-electron chi connectivity index (χ0n) is 15.6. The van der Waals surface area contributed by atoms with E-state index >= 15 is 0 Å². The Morgan fingerprint density at radius 1 is 1.20 bits per heavy atom. The highest BCUT2D eigenvalue weighted by Crippen LogP contribution is 2.30. The van der Waals surface area contributed by atoms with Crippen molar-refractivity contribution < 1.29 is 9.53 Å². The molecule has 25 heavy (non-hydrogen) atoms. The summed E-state index contributed by atoms with van der Waals surface area (Å²) in [6.45, 7) is 2.96. The summed E-state index contributed by atoms with van der Waals surface area (Å²) in [7, 11) is 1.75. The summed E-state index contributed by atoms with van der Waals surface area (Å²) in [6.07, 6.45) is 9.33. The number of carbonyl (C=O) groups excluding carboxylic acids is 1. The average molecular weight is 359 g/mol. The van der Waals surface area contributed by atoms with Gasteiger partial charge in [-0.25, -0.2) is 0 Å². The molecule has 0 radical (unpaired) electrons. The van der Waals surface area contributed by atoms with Gasteiger partial charge in [-0.1, -0.05) is 43.4 Å². The van der Waals surface area contributed by atoms with E-state index in [-0.39, 0.29) is 5.78 Å². The highest BCUT2D eigenvalue weighted by molar-refractivity contribution is 7.80. The topological polar surface area (TPSA) is 26.3 Å². The molecule has 0 aliphatic heterocycles. The van der Waals surface area contributed by atoms with Gasteiger partial charge in [-0.15, -0.1) is 0 Å². The molecule has 0 saturated carbocycles. The second kappa shape index (κ2) is 10.6. The molecule has 0 amide bonds.